The molecule has 0 aliphatic heterocycles. The van der Waals surface area contributed by atoms with Crippen LogP contribution < -0.4 is 4.90 Å². The van der Waals surface area contributed by atoms with Crippen LogP contribution in [0.1, 0.15) is 30.2 Å². The highest BCUT2D eigenvalue weighted by Crippen LogP contribution is 2.26. The van der Waals surface area contributed by atoms with Gasteiger partial charge in [0, 0.05) is 26.3 Å². The first-order chi connectivity index (χ1) is 9.56. The molecule has 0 N–H and O–H groups in total. The van der Waals surface area contributed by atoms with Crippen LogP contribution in [0, 0.1) is 11.3 Å². The Morgan fingerprint density at radius 2 is 2.20 bits per heavy atom. The number of nitriles is 1. The first-order valence-corrected chi connectivity index (χ1v) is 6.94. The smallest absolute Gasteiger partial charge is 0.241 e. The molecule has 2 rings (SSSR count). The fourth-order valence-corrected chi connectivity index (χ4v) is 2.43. The molecule has 1 aliphatic rings. The third kappa shape index (κ3) is 2.74. The van der Waals surface area contributed by atoms with Gasteiger partial charge in [0.05, 0.1) is 12.1 Å². The number of likely N-dealkylation sites (N-methyl/N-ethyl adjacent to an activating group) is 2. The number of pyridine rings is 1. The van der Waals surface area contributed by atoms with Gasteiger partial charge in [-0.15, -0.1) is 0 Å². The van der Waals surface area contributed by atoms with E-state index < -0.39 is 0 Å². The van der Waals surface area contributed by atoms with Gasteiger partial charge in [0.15, 0.2) is 0 Å². The Balaban J connectivity index is 2.34. The van der Waals surface area contributed by atoms with Crippen molar-refractivity contribution in [3.8, 4) is 6.07 Å². The van der Waals surface area contributed by atoms with Crippen molar-refractivity contribution in [2.75, 3.05) is 32.1 Å². The lowest BCUT2D eigenvalue weighted by Gasteiger charge is -2.24. The number of amides is 1. The topological polar surface area (TPSA) is 60.2 Å². The van der Waals surface area contributed by atoms with Gasteiger partial charge in [0.25, 0.3) is 0 Å². The molecular formula is C15H20N4O. The minimum absolute atomic E-state index is 0.0121. The molecule has 0 unspecified atom stereocenters. The van der Waals surface area contributed by atoms with Crippen LogP contribution in [0.5, 0.6) is 0 Å². The normalized spacial score (nSPS) is 12.7. The predicted molar refractivity (Wildman–Crippen MR) is 77.6 cm³/mol. The summed E-state index contributed by atoms with van der Waals surface area (Å²) >= 11 is 0. The van der Waals surface area contributed by atoms with E-state index in [-0.39, 0.29) is 12.5 Å². The van der Waals surface area contributed by atoms with Crippen LogP contribution in [-0.2, 0) is 17.6 Å². The number of carbonyl (C=O) groups is 1. The zero-order valence-electron chi connectivity index (χ0n) is 12.3. The molecule has 5 nitrogen and oxygen atoms in total. The van der Waals surface area contributed by atoms with Gasteiger partial charge in [0.1, 0.15) is 11.9 Å². The minimum Gasteiger partial charge on any atom is -0.347 e. The summed E-state index contributed by atoms with van der Waals surface area (Å²) in [6, 6.07) is 4.15. The molecule has 0 radical (unpaired) electrons. The van der Waals surface area contributed by atoms with Crippen LogP contribution in [0.25, 0.3) is 0 Å². The zero-order valence-corrected chi connectivity index (χ0v) is 12.3. The molecule has 1 amide bonds. The molecule has 0 aromatic carbocycles. The van der Waals surface area contributed by atoms with Crippen LogP contribution in [0.3, 0.4) is 0 Å². The Morgan fingerprint density at radius 1 is 1.45 bits per heavy atom. The molecule has 1 aliphatic carbocycles. The molecule has 5 heteroatoms. The van der Waals surface area contributed by atoms with Crippen molar-refractivity contribution in [1.82, 2.24) is 9.88 Å². The van der Waals surface area contributed by atoms with Gasteiger partial charge in [0.2, 0.25) is 5.91 Å². The van der Waals surface area contributed by atoms with Gasteiger partial charge in [-0.2, -0.15) is 5.26 Å². The van der Waals surface area contributed by atoms with E-state index in [1.165, 1.54) is 5.56 Å². The molecule has 0 atom stereocenters. The molecule has 1 aromatic heterocycles. The summed E-state index contributed by atoms with van der Waals surface area (Å²) in [5, 5.41) is 9.33. The van der Waals surface area contributed by atoms with Gasteiger partial charge >= 0.3 is 0 Å². The molecule has 0 saturated carbocycles. The number of rotatable bonds is 4. The predicted octanol–water partition coefficient (Wildman–Crippen LogP) is 1.36. The summed E-state index contributed by atoms with van der Waals surface area (Å²) in [4.78, 5) is 20.0. The summed E-state index contributed by atoms with van der Waals surface area (Å²) in [5.74, 6) is 0.656. The molecule has 0 saturated heterocycles. The largest absolute Gasteiger partial charge is 0.347 e. The fraction of sp³-hybridized carbons (Fsp3) is 0.533. The number of aryl methyl sites for hydroxylation is 2. The maximum Gasteiger partial charge on any atom is 0.241 e. The molecule has 106 valence electrons. The highest BCUT2D eigenvalue weighted by molar-refractivity contribution is 5.81. The number of anilines is 1. The Hall–Kier alpha value is -2.09. The number of carbonyl (C=O) groups excluding carboxylic acids is 1. The Kier molecular flexibility index (Phi) is 4.23. The number of aromatic nitrogens is 1. The van der Waals surface area contributed by atoms with E-state index in [2.05, 4.69) is 11.1 Å². The summed E-state index contributed by atoms with van der Waals surface area (Å²) in [6.07, 6.45) is 3.06. The second-order valence-corrected chi connectivity index (χ2v) is 5.23. The Labute approximate surface area is 119 Å². The highest BCUT2D eigenvalue weighted by Gasteiger charge is 2.21. The average molecular weight is 272 g/mol. The van der Waals surface area contributed by atoms with Gasteiger partial charge in [-0.25, -0.2) is 4.98 Å². The van der Waals surface area contributed by atoms with Crippen molar-refractivity contribution in [1.29, 1.82) is 5.26 Å². The van der Waals surface area contributed by atoms with Crippen LogP contribution in [0.2, 0.25) is 0 Å². The lowest BCUT2D eigenvalue weighted by molar-refractivity contribution is -0.127. The lowest BCUT2D eigenvalue weighted by atomic mass is 10.1. The standard InChI is InChI=1S/C15H20N4O/c1-4-19(10-14(20)18(2)3)15-12(9-16)8-11-6-5-7-13(11)17-15/h8H,4-7,10H2,1-3H3. The number of hydrogen-bond donors (Lipinski definition) is 0. The van der Waals surface area contributed by atoms with Gasteiger partial charge < -0.3 is 9.80 Å². The second kappa shape index (κ2) is 5.91. The number of fused-ring (bicyclic) bond motifs is 1. The summed E-state index contributed by atoms with van der Waals surface area (Å²) < 4.78 is 0. The first-order valence-electron chi connectivity index (χ1n) is 6.94. The molecule has 20 heavy (non-hydrogen) atoms. The lowest BCUT2D eigenvalue weighted by Crippen LogP contribution is -2.37. The van der Waals surface area contributed by atoms with Crippen molar-refractivity contribution in [3.63, 3.8) is 0 Å². The third-order valence-electron chi connectivity index (χ3n) is 3.66. The minimum atomic E-state index is 0.0121. The maximum atomic E-state index is 11.9. The van der Waals surface area contributed by atoms with E-state index in [0.29, 0.717) is 17.9 Å². The molecule has 0 bridgehead atoms. The SMILES string of the molecule is CCN(CC(=O)N(C)C)c1nc2c(cc1C#N)CCC2. The Morgan fingerprint density at radius 3 is 2.80 bits per heavy atom. The van der Waals surface area contributed by atoms with Crippen LogP contribution in [0.4, 0.5) is 5.82 Å². The number of nitrogens with zero attached hydrogens (tertiary/aromatic N) is 4. The van der Waals surface area contributed by atoms with Crippen LogP contribution in [0.15, 0.2) is 6.07 Å². The van der Waals surface area contributed by atoms with E-state index in [1.54, 1.807) is 19.0 Å². The van der Waals surface area contributed by atoms with E-state index in [4.69, 9.17) is 0 Å². The molecule has 1 heterocycles. The van der Waals surface area contributed by atoms with Gasteiger partial charge in [-0.3, -0.25) is 4.79 Å². The van der Waals surface area contributed by atoms with Crippen LogP contribution >= 0.6 is 0 Å². The highest BCUT2D eigenvalue weighted by atomic mass is 16.2. The van der Waals surface area contributed by atoms with E-state index >= 15 is 0 Å². The average Bonchev–Trinajstić information content (AvgIpc) is 2.89. The number of hydrogen-bond acceptors (Lipinski definition) is 4. The van der Waals surface area contributed by atoms with Crippen molar-refractivity contribution in [2.45, 2.75) is 26.2 Å². The van der Waals surface area contributed by atoms with Crippen LogP contribution in [-0.4, -0.2) is 43.0 Å². The summed E-state index contributed by atoms with van der Waals surface area (Å²) in [7, 11) is 3.47. The summed E-state index contributed by atoms with van der Waals surface area (Å²) in [5.41, 5.74) is 2.83. The van der Waals surface area contributed by atoms with E-state index in [0.717, 1.165) is 25.0 Å². The quantitative estimate of drug-likeness (QED) is 0.830. The third-order valence-corrected chi connectivity index (χ3v) is 3.66. The van der Waals surface area contributed by atoms with E-state index in [1.807, 2.05) is 17.9 Å². The van der Waals surface area contributed by atoms with Crippen molar-refractivity contribution >= 4 is 11.7 Å². The first kappa shape index (κ1) is 14.3. The summed E-state index contributed by atoms with van der Waals surface area (Å²) in [6.45, 7) is 2.88. The fourth-order valence-electron chi connectivity index (χ4n) is 2.43. The van der Waals surface area contributed by atoms with Crippen molar-refractivity contribution in [2.24, 2.45) is 0 Å². The maximum absolute atomic E-state index is 11.9. The van der Waals surface area contributed by atoms with E-state index in [9.17, 15) is 10.1 Å². The van der Waals surface area contributed by atoms with Crippen molar-refractivity contribution in [3.05, 3.63) is 22.9 Å². The van der Waals surface area contributed by atoms with Gasteiger partial charge in [-0.05, 0) is 37.8 Å². The molecular weight excluding hydrogens is 252 g/mol. The van der Waals surface area contributed by atoms with Crippen molar-refractivity contribution < 1.29 is 4.79 Å². The molecule has 0 spiro atoms. The zero-order chi connectivity index (χ0) is 14.7. The van der Waals surface area contributed by atoms with Gasteiger partial charge in [-0.1, -0.05) is 0 Å². The monoisotopic (exact) mass is 272 g/mol. The molecule has 0 fully saturated rings. The molecule has 1 aromatic rings. The second-order valence-electron chi connectivity index (χ2n) is 5.23. The Bertz CT molecular complexity index is 560.